The molecule has 1 aromatic heterocycles. The molecular weight excluding hydrogens is 427 g/mol. The second-order valence-electron chi connectivity index (χ2n) is 7.54. The van der Waals surface area contributed by atoms with Crippen molar-refractivity contribution < 1.29 is 14.4 Å². The molecule has 9 heteroatoms. The summed E-state index contributed by atoms with van der Waals surface area (Å²) in [7, 11) is 0. The lowest BCUT2D eigenvalue weighted by Crippen LogP contribution is -2.46. The number of benzene rings is 1. The van der Waals surface area contributed by atoms with Crippen molar-refractivity contribution >= 4 is 46.7 Å². The molecule has 0 saturated carbocycles. The zero-order valence-electron chi connectivity index (χ0n) is 16.3. The summed E-state index contributed by atoms with van der Waals surface area (Å²) < 4.78 is 0. The molecule has 156 valence electrons. The lowest BCUT2D eigenvalue weighted by molar-refractivity contribution is -0.121. The van der Waals surface area contributed by atoms with Crippen LogP contribution in [0.1, 0.15) is 39.1 Å². The normalized spacial score (nSPS) is 17.4. The van der Waals surface area contributed by atoms with Crippen LogP contribution in [0.4, 0.5) is 5.82 Å². The summed E-state index contributed by atoms with van der Waals surface area (Å²) in [6.45, 7) is 3.28. The predicted molar refractivity (Wildman–Crippen MR) is 114 cm³/mol. The number of nitrogens with zero attached hydrogens (tertiary/aromatic N) is 3. The lowest BCUT2D eigenvalue weighted by Gasteiger charge is -2.33. The fourth-order valence-electron chi connectivity index (χ4n) is 3.78. The first-order valence-corrected chi connectivity index (χ1v) is 10.4. The SMILES string of the molecule is Cc1cccnc1NC(=O)C1CCN(CN2C(=O)c3cc(Cl)c(Cl)cc3C2=O)CC1. The second-order valence-corrected chi connectivity index (χ2v) is 8.36. The van der Waals surface area contributed by atoms with Crippen molar-refractivity contribution in [2.75, 3.05) is 25.1 Å². The fraction of sp³-hybridized carbons (Fsp3) is 0.333. The molecule has 0 unspecified atom stereocenters. The molecule has 0 bridgehead atoms. The smallest absolute Gasteiger partial charge is 0.262 e. The van der Waals surface area contributed by atoms with Crippen molar-refractivity contribution in [3.05, 3.63) is 57.2 Å². The van der Waals surface area contributed by atoms with Crippen LogP contribution in [-0.2, 0) is 4.79 Å². The van der Waals surface area contributed by atoms with Gasteiger partial charge in [0.25, 0.3) is 11.8 Å². The molecule has 1 saturated heterocycles. The van der Waals surface area contributed by atoms with Crippen LogP contribution >= 0.6 is 23.2 Å². The molecular formula is C21H20Cl2N4O3. The van der Waals surface area contributed by atoms with Crippen LogP contribution in [0.25, 0.3) is 0 Å². The molecule has 0 radical (unpaired) electrons. The van der Waals surface area contributed by atoms with Gasteiger partial charge >= 0.3 is 0 Å². The molecule has 0 atom stereocenters. The van der Waals surface area contributed by atoms with Gasteiger partial charge in [0.05, 0.1) is 27.8 Å². The van der Waals surface area contributed by atoms with E-state index in [4.69, 9.17) is 23.2 Å². The Kier molecular flexibility index (Phi) is 5.77. The Morgan fingerprint density at radius 1 is 1.13 bits per heavy atom. The number of carbonyl (C=O) groups excluding carboxylic acids is 3. The molecule has 0 aliphatic carbocycles. The third-order valence-corrected chi connectivity index (χ3v) is 6.28. The lowest BCUT2D eigenvalue weighted by atomic mass is 9.96. The van der Waals surface area contributed by atoms with Gasteiger partial charge in [-0.05, 0) is 43.5 Å². The fourth-order valence-corrected chi connectivity index (χ4v) is 4.11. The van der Waals surface area contributed by atoms with E-state index in [0.29, 0.717) is 31.7 Å². The van der Waals surface area contributed by atoms with Gasteiger partial charge in [0.15, 0.2) is 0 Å². The van der Waals surface area contributed by atoms with Gasteiger partial charge < -0.3 is 5.32 Å². The molecule has 3 amide bonds. The average Bonchev–Trinajstić information content (AvgIpc) is 2.95. The van der Waals surface area contributed by atoms with Crippen molar-refractivity contribution in [2.45, 2.75) is 19.8 Å². The van der Waals surface area contributed by atoms with Crippen molar-refractivity contribution in [3.8, 4) is 0 Å². The van der Waals surface area contributed by atoms with E-state index in [1.54, 1.807) is 6.20 Å². The number of likely N-dealkylation sites (tertiary alicyclic amines) is 1. The minimum absolute atomic E-state index is 0.0542. The quantitative estimate of drug-likeness (QED) is 0.725. The maximum Gasteiger partial charge on any atom is 0.262 e. The summed E-state index contributed by atoms with van der Waals surface area (Å²) in [5.74, 6) is -0.365. The topological polar surface area (TPSA) is 82.6 Å². The number of pyridine rings is 1. The van der Waals surface area contributed by atoms with Gasteiger partial charge in [0.1, 0.15) is 5.82 Å². The molecule has 1 N–H and O–H groups in total. The van der Waals surface area contributed by atoms with Crippen molar-refractivity contribution in [3.63, 3.8) is 0 Å². The van der Waals surface area contributed by atoms with Crippen LogP contribution in [0.5, 0.6) is 0 Å². The van der Waals surface area contributed by atoms with Gasteiger partial charge in [-0.2, -0.15) is 0 Å². The number of hydrogen-bond donors (Lipinski definition) is 1. The molecule has 0 spiro atoms. The number of anilines is 1. The first-order chi connectivity index (χ1) is 14.3. The molecule has 2 aliphatic heterocycles. The van der Waals surface area contributed by atoms with E-state index in [0.717, 1.165) is 5.56 Å². The number of imide groups is 1. The predicted octanol–water partition coefficient (Wildman–Crippen LogP) is 3.60. The summed E-state index contributed by atoms with van der Waals surface area (Å²) in [4.78, 5) is 45.3. The Bertz CT molecular complexity index is 994. The summed E-state index contributed by atoms with van der Waals surface area (Å²) in [6.07, 6.45) is 2.92. The molecule has 1 fully saturated rings. The van der Waals surface area contributed by atoms with Gasteiger partial charge in [-0.25, -0.2) is 4.98 Å². The summed E-state index contributed by atoms with van der Waals surface area (Å²) >= 11 is 12.0. The Morgan fingerprint density at radius 2 is 1.73 bits per heavy atom. The highest BCUT2D eigenvalue weighted by molar-refractivity contribution is 6.43. The van der Waals surface area contributed by atoms with E-state index in [2.05, 4.69) is 10.3 Å². The number of rotatable bonds is 4. The first kappa shape index (κ1) is 20.8. The number of amides is 3. The first-order valence-electron chi connectivity index (χ1n) is 9.65. The highest BCUT2D eigenvalue weighted by atomic mass is 35.5. The van der Waals surface area contributed by atoms with E-state index in [-0.39, 0.29) is 51.5 Å². The minimum atomic E-state index is -0.376. The van der Waals surface area contributed by atoms with E-state index in [1.807, 2.05) is 24.0 Å². The standard InChI is InChI=1S/C21H20Cl2N4O3/c1-12-3-2-6-24-18(12)25-19(28)13-4-7-26(8-5-13)11-27-20(29)14-9-16(22)17(23)10-15(14)21(27)30/h2-3,6,9-10,13H,4-5,7-8,11H2,1H3,(H,24,25,28). The highest BCUT2D eigenvalue weighted by Crippen LogP contribution is 2.32. The van der Waals surface area contributed by atoms with Gasteiger partial charge in [0, 0.05) is 25.2 Å². The number of aromatic nitrogens is 1. The number of nitrogens with one attached hydrogen (secondary N) is 1. The minimum Gasteiger partial charge on any atom is -0.310 e. The summed E-state index contributed by atoms with van der Waals surface area (Å²) in [6, 6.07) is 6.60. The largest absolute Gasteiger partial charge is 0.310 e. The maximum atomic E-state index is 12.7. The molecule has 7 nitrogen and oxygen atoms in total. The molecule has 2 aliphatic rings. The van der Waals surface area contributed by atoms with Crippen molar-refractivity contribution in [2.24, 2.45) is 5.92 Å². The summed E-state index contributed by atoms with van der Waals surface area (Å²) in [5, 5.41) is 3.38. The highest BCUT2D eigenvalue weighted by Gasteiger charge is 2.38. The molecule has 2 aromatic rings. The van der Waals surface area contributed by atoms with Crippen LogP contribution in [-0.4, -0.2) is 52.3 Å². The Labute approximate surface area is 184 Å². The number of carbonyl (C=O) groups is 3. The number of fused-ring (bicyclic) bond motifs is 1. The average molecular weight is 447 g/mol. The molecule has 3 heterocycles. The van der Waals surface area contributed by atoms with Crippen molar-refractivity contribution in [1.29, 1.82) is 0 Å². The van der Waals surface area contributed by atoms with E-state index in [9.17, 15) is 14.4 Å². The molecule has 30 heavy (non-hydrogen) atoms. The van der Waals surface area contributed by atoms with Gasteiger partial charge in [-0.3, -0.25) is 24.2 Å². The van der Waals surface area contributed by atoms with Crippen LogP contribution < -0.4 is 5.32 Å². The zero-order valence-corrected chi connectivity index (χ0v) is 17.8. The number of halogens is 2. The summed E-state index contributed by atoms with van der Waals surface area (Å²) in [5.41, 5.74) is 1.46. The Hall–Kier alpha value is -2.48. The van der Waals surface area contributed by atoms with Crippen LogP contribution in [0, 0.1) is 12.8 Å². The zero-order chi connectivity index (χ0) is 21.4. The van der Waals surface area contributed by atoms with Crippen LogP contribution in [0.15, 0.2) is 30.5 Å². The maximum absolute atomic E-state index is 12.7. The number of aryl methyl sites for hydroxylation is 1. The number of piperidine rings is 1. The van der Waals surface area contributed by atoms with Gasteiger partial charge in [-0.15, -0.1) is 0 Å². The van der Waals surface area contributed by atoms with Crippen molar-refractivity contribution in [1.82, 2.24) is 14.8 Å². The van der Waals surface area contributed by atoms with E-state index >= 15 is 0 Å². The molecule has 1 aromatic carbocycles. The Balaban J connectivity index is 1.35. The van der Waals surface area contributed by atoms with E-state index < -0.39 is 0 Å². The second kappa shape index (κ2) is 8.34. The Morgan fingerprint density at radius 3 is 2.30 bits per heavy atom. The van der Waals surface area contributed by atoms with Gasteiger partial charge in [-0.1, -0.05) is 29.3 Å². The third-order valence-electron chi connectivity index (χ3n) is 5.56. The molecule has 4 rings (SSSR count). The van der Waals surface area contributed by atoms with Gasteiger partial charge in [0.2, 0.25) is 5.91 Å². The monoisotopic (exact) mass is 446 g/mol. The number of hydrogen-bond acceptors (Lipinski definition) is 5. The van der Waals surface area contributed by atoms with Crippen LogP contribution in [0.2, 0.25) is 10.0 Å². The van der Waals surface area contributed by atoms with Crippen LogP contribution in [0.3, 0.4) is 0 Å². The third kappa shape index (κ3) is 3.93. The van der Waals surface area contributed by atoms with E-state index in [1.165, 1.54) is 17.0 Å².